The second-order valence-corrected chi connectivity index (χ2v) is 9.86. The molecule has 8 heteroatoms. The van der Waals surface area contributed by atoms with Crippen LogP contribution in [0.1, 0.15) is 63.0 Å². The third-order valence-corrected chi connectivity index (χ3v) is 7.56. The third kappa shape index (κ3) is 5.46. The Morgan fingerprint density at radius 3 is 2.31 bits per heavy atom. The van der Waals surface area contributed by atoms with Gasteiger partial charge in [0.2, 0.25) is 0 Å². The summed E-state index contributed by atoms with van der Waals surface area (Å²) in [7, 11) is 6.34. The highest BCUT2D eigenvalue weighted by molar-refractivity contribution is 6.04. The Hall–Kier alpha value is -3.94. The van der Waals surface area contributed by atoms with Gasteiger partial charge >= 0.3 is 5.97 Å². The molecule has 1 N–H and O–H groups in total. The molecular weight excluding hydrogens is 498 g/mol. The standard InChI is InChI=1S/C31H37NO7/c1-8-17(2)39-31(34)28-18(3)32-23-13-20(19-9-12-25(36-5)27(15-19)38-7)14-24(33)30(23)29(28)22-11-10-21(35-4)16-26(22)37-6/h9-12,15-17,20,29,32H,8,13-14H2,1-7H3/t17-,20-,29-/m1/s1. The van der Waals surface area contributed by atoms with Crippen molar-refractivity contribution in [3.8, 4) is 23.0 Å². The van der Waals surface area contributed by atoms with E-state index in [-0.39, 0.29) is 24.2 Å². The SMILES string of the molecule is CC[C@@H](C)OC(=O)C1=C(C)NC2=C(C(=O)C[C@H](c3ccc(OC)c(OC)c3)C2)[C@@H]1c1ccc(OC)cc1OC. The summed E-state index contributed by atoms with van der Waals surface area (Å²) in [6.45, 7) is 5.67. The summed E-state index contributed by atoms with van der Waals surface area (Å²) in [5.74, 6) is 1.21. The fraction of sp³-hybridized carbons (Fsp3) is 0.419. The largest absolute Gasteiger partial charge is 0.497 e. The van der Waals surface area contributed by atoms with Gasteiger partial charge in [0.15, 0.2) is 17.3 Å². The quantitative estimate of drug-likeness (QED) is 0.426. The van der Waals surface area contributed by atoms with E-state index in [4.69, 9.17) is 23.7 Å². The average Bonchev–Trinajstić information content (AvgIpc) is 2.95. The molecule has 0 aromatic heterocycles. The molecule has 0 bridgehead atoms. The Bertz CT molecular complexity index is 1330. The van der Waals surface area contributed by atoms with Crippen LogP contribution in [0.5, 0.6) is 23.0 Å². The molecule has 39 heavy (non-hydrogen) atoms. The molecule has 0 saturated carbocycles. The summed E-state index contributed by atoms with van der Waals surface area (Å²) in [6.07, 6.45) is 1.30. The maximum atomic E-state index is 14.0. The van der Waals surface area contributed by atoms with Gasteiger partial charge in [0.05, 0.1) is 46.0 Å². The van der Waals surface area contributed by atoms with Crippen molar-refractivity contribution in [1.29, 1.82) is 0 Å². The number of Topliss-reactive ketones (excluding diaryl/α,β-unsaturated/α-hetero) is 1. The van der Waals surface area contributed by atoms with E-state index in [9.17, 15) is 9.59 Å². The summed E-state index contributed by atoms with van der Waals surface area (Å²) in [5.41, 5.74) is 4.13. The average molecular weight is 536 g/mol. The molecule has 3 atom stereocenters. The number of hydrogen-bond donors (Lipinski definition) is 1. The van der Waals surface area contributed by atoms with Gasteiger partial charge in [-0.1, -0.05) is 19.1 Å². The maximum Gasteiger partial charge on any atom is 0.337 e. The second kappa shape index (κ2) is 11.8. The van der Waals surface area contributed by atoms with Crippen molar-refractivity contribution in [3.63, 3.8) is 0 Å². The molecule has 208 valence electrons. The minimum absolute atomic E-state index is 0.0345. The molecule has 0 radical (unpaired) electrons. The monoisotopic (exact) mass is 535 g/mol. The van der Waals surface area contributed by atoms with Gasteiger partial charge < -0.3 is 29.0 Å². The highest BCUT2D eigenvalue weighted by atomic mass is 16.5. The normalized spacial score (nSPS) is 19.6. The Morgan fingerprint density at radius 1 is 0.949 bits per heavy atom. The van der Waals surface area contributed by atoms with E-state index in [1.165, 1.54) is 0 Å². The molecule has 0 amide bonds. The van der Waals surface area contributed by atoms with Gasteiger partial charge in [-0.3, -0.25) is 4.79 Å². The zero-order chi connectivity index (χ0) is 28.3. The van der Waals surface area contributed by atoms with E-state index in [1.54, 1.807) is 34.5 Å². The van der Waals surface area contributed by atoms with Gasteiger partial charge in [0, 0.05) is 35.0 Å². The Kier molecular flexibility index (Phi) is 8.53. The first kappa shape index (κ1) is 28.1. The van der Waals surface area contributed by atoms with Crippen LogP contribution in [0.4, 0.5) is 0 Å². The highest BCUT2D eigenvalue weighted by Gasteiger charge is 2.42. The van der Waals surface area contributed by atoms with Gasteiger partial charge in [-0.25, -0.2) is 4.79 Å². The number of ketones is 1. The van der Waals surface area contributed by atoms with Crippen LogP contribution in [-0.4, -0.2) is 46.3 Å². The van der Waals surface area contributed by atoms with Crippen molar-refractivity contribution in [2.24, 2.45) is 0 Å². The number of ether oxygens (including phenoxy) is 5. The van der Waals surface area contributed by atoms with Crippen LogP contribution in [0.15, 0.2) is 58.9 Å². The van der Waals surface area contributed by atoms with E-state index < -0.39 is 11.9 Å². The number of nitrogens with one attached hydrogen (secondary N) is 1. The number of hydrogen-bond acceptors (Lipinski definition) is 8. The molecule has 4 rings (SSSR count). The summed E-state index contributed by atoms with van der Waals surface area (Å²) in [4.78, 5) is 27.5. The number of carbonyl (C=O) groups is 2. The molecule has 2 aromatic rings. The Balaban J connectivity index is 1.82. The fourth-order valence-corrected chi connectivity index (χ4v) is 5.35. The van der Waals surface area contributed by atoms with E-state index in [0.717, 1.165) is 11.3 Å². The smallest absolute Gasteiger partial charge is 0.337 e. The molecule has 1 heterocycles. The van der Waals surface area contributed by atoms with E-state index in [1.807, 2.05) is 51.1 Å². The lowest BCUT2D eigenvalue weighted by Gasteiger charge is -2.37. The van der Waals surface area contributed by atoms with Gasteiger partial charge in [-0.15, -0.1) is 0 Å². The molecule has 8 nitrogen and oxygen atoms in total. The predicted molar refractivity (Wildman–Crippen MR) is 148 cm³/mol. The summed E-state index contributed by atoms with van der Waals surface area (Å²) in [6, 6.07) is 11.2. The number of allylic oxidation sites excluding steroid dienone is 3. The number of carbonyl (C=O) groups excluding carboxylic acids is 2. The van der Waals surface area contributed by atoms with Crippen molar-refractivity contribution in [3.05, 3.63) is 70.1 Å². The first-order valence-electron chi connectivity index (χ1n) is 13.1. The molecule has 1 aliphatic carbocycles. The zero-order valence-electron chi connectivity index (χ0n) is 23.7. The molecule has 2 aromatic carbocycles. The van der Waals surface area contributed by atoms with Crippen molar-refractivity contribution < 1.29 is 33.3 Å². The fourth-order valence-electron chi connectivity index (χ4n) is 5.35. The lowest BCUT2D eigenvalue weighted by molar-refractivity contribution is -0.144. The minimum atomic E-state index is -0.641. The zero-order valence-corrected chi connectivity index (χ0v) is 23.7. The molecule has 0 saturated heterocycles. The molecule has 1 aliphatic heterocycles. The van der Waals surface area contributed by atoms with Crippen LogP contribution in [0.25, 0.3) is 0 Å². The van der Waals surface area contributed by atoms with Crippen LogP contribution in [0.2, 0.25) is 0 Å². The van der Waals surface area contributed by atoms with Gasteiger partial charge in [0.1, 0.15) is 11.5 Å². The molecule has 2 aliphatic rings. The summed E-state index contributed by atoms with van der Waals surface area (Å²) in [5, 5.41) is 3.40. The Labute approximate surface area is 229 Å². The third-order valence-electron chi connectivity index (χ3n) is 7.56. The molecule has 0 unspecified atom stereocenters. The van der Waals surface area contributed by atoms with Gasteiger partial charge in [-0.2, -0.15) is 0 Å². The predicted octanol–water partition coefficient (Wildman–Crippen LogP) is 5.42. The first-order chi connectivity index (χ1) is 18.8. The second-order valence-electron chi connectivity index (χ2n) is 9.86. The topological polar surface area (TPSA) is 92.3 Å². The van der Waals surface area contributed by atoms with Crippen LogP contribution < -0.4 is 24.3 Å². The highest BCUT2D eigenvalue weighted by Crippen LogP contribution is 2.48. The van der Waals surface area contributed by atoms with Crippen molar-refractivity contribution in [2.75, 3.05) is 28.4 Å². The lowest BCUT2D eigenvalue weighted by Crippen LogP contribution is -2.36. The maximum absolute atomic E-state index is 14.0. The minimum Gasteiger partial charge on any atom is -0.497 e. The van der Waals surface area contributed by atoms with Crippen LogP contribution in [-0.2, 0) is 14.3 Å². The molecule has 0 fully saturated rings. The number of rotatable bonds is 9. The number of methoxy groups -OCH3 is 4. The first-order valence-corrected chi connectivity index (χ1v) is 13.1. The summed E-state index contributed by atoms with van der Waals surface area (Å²) >= 11 is 0. The van der Waals surface area contributed by atoms with Gasteiger partial charge in [-0.05, 0) is 56.4 Å². The van der Waals surface area contributed by atoms with Crippen LogP contribution in [0.3, 0.4) is 0 Å². The van der Waals surface area contributed by atoms with E-state index in [2.05, 4.69) is 5.32 Å². The summed E-state index contributed by atoms with van der Waals surface area (Å²) < 4.78 is 27.8. The molecule has 0 spiro atoms. The van der Waals surface area contributed by atoms with E-state index >= 15 is 0 Å². The van der Waals surface area contributed by atoms with E-state index in [0.29, 0.717) is 58.2 Å². The lowest BCUT2D eigenvalue weighted by atomic mass is 9.71. The Morgan fingerprint density at radius 2 is 1.67 bits per heavy atom. The van der Waals surface area contributed by atoms with Crippen molar-refractivity contribution in [2.45, 2.75) is 58.0 Å². The van der Waals surface area contributed by atoms with Crippen LogP contribution >= 0.6 is 0 Å². The van der Waals surface area contributed by atoms with Crippen molar-refractivity contribution >= 4 is 11.8 Å². The number of dihydropyridines is 1. The number of benzene rings is 2. The van der Waals surface area contributed by atoms with Crippen molar-refractivity contribution in [1.82, 2.24) is 5.32 Å². The van der Waals surface area contributed by atoms with Crippen LogP contribution in [0, 0.1) is 0 Å². The molecular formula is C31H37NO7. The number of esters is 1. The van der Waals surface area contributed by atoms with Gasteiger partial charge in [0.25, 0.3) is 0 Å².